The van der Waals surface area contributed by atoms with Gasteiger partial charge in [0.25, 0.3) is 0 Å². The number of H-pyrrole nitrogens is 1. The number of aliphatic hydroxyl groups is 1. The number of benzene rings is 1. The zero-order valence-corrected chi connectivity index (χ0v) is 13.2. The highest BCUT2D eigenvalue weighted by atomic mass is 16.3. The first-order valence-electron chi connectivity index (χ1n) is 7.55. The third-order valence-electron chi connectivity index (χ3n) is 4.26. The lowest BCUT2D eigenvalue weighted by atomic mass is 9.77. The summed E-state index contributed by atoms with van der Waals surface area (Å²) in [6, 6.07) is 5.42. The van der Waals surface area contributed by atoms with Crippen LogP contribution in [0.1, 0.15) is 19.7 Å². The lowest BCUT2D eigenvalue weighted by Crippen LogP contribution is -2.36. The number of nitrogens with two attached hydrogens (primary N) is 2. The van der Waals surface area contributed by atoms with Crippen LogP contribution in [0.4, 0.5) is 5.69 Å². The fourth-order valence-corrected chi connectivity index (χ4v) is 3.03. The van der Waals surface area contributed by atoms with Crippen molar-refractivity contribution in [1.82, 2.24) is 9.97 Å². The SMILES string of the molecule is CC1C=CC=CC1C(C)(O)c1nc2ccc(N=C(N)N)cc2[nH]1. The van der Waals surface area contributed by atoms with E-state index in [-0.39, 0.29) is 17.8 Å². The van der Waals surface area contributed by atoms with Gasteiger partial charge in [-0.05, 0) is 31.0 Å². The Kier molecular flexibility index (Phi) is 3.69. The van der Waals surface area contributed by atoms with Crippen molar-refractivity contribution >= 4 is 22.7 Å². The van der Waals surface area contributed by atoms with Crippen LogP contribution in [0.5, 0.6) is 0 Å². The molecule has 3 rings (SSSR count). The van der Waals surface area contributed by atoms with Crippen LogP contribution >= 0.6 is 0 Å². The molecule has 23 heavy (non-hydrogen) atoms. The highest BCUT2D eigenvalue weighted by Crippen LogP contribution is 2.37. The van der Waals surface area contributed by atoms with E-state index in [1.807, 2.05) is 30.4 Å². The molecule has 6 heteroatoms. The van der Waals surface area contributed by atoms with E-state index in [4.69, 9.17) is 11.5 Å². The van der Waals surface area contributed by atoms with E-state index >= 15 is 0 Å². The maximum Gasteiger partial charge on any atom is 0.191 e. The Balaban J connectivity index is 2.01. The van der Waals surface area contributed by atoms with E-state index in [1.54, 1.807) is 13.0 Å². The fraction of sp³-hybridized carbons (Fsp3) is 0.294. The van der Waals surface area contributed by atoms with Crippen molar-refractivity contribution in [2.45, 2.75) is 19.4 Å². The van der Waals surface area contributed by atoms with Gasteiger partial charge in [-0.3, -0.25) is 0 Å². The van der Waals surface area contributed by atoms with Gasteiger partial charge in [-0.2, -0.15) is 0 Å². The third-order valence-corrected chi connectivity index (χ3v) is 4.26. The number of nitrogens with one attached hydrogen (secondary N) is 1. The summed E-state index contributed by atoms with van der Waals surface area (Å²) in [6.45, 7) is 3.87. The third kappa shape index (κ3) is 2.85. The molecular formula is C17H21N5O. The van der Waals surface area contributed by atoms with Crippen molar-refractivity contribution in [1.29, 1.82) is 0 Å². The summed E-state index contributed by atoms with van der Waals surface area (Å²) in [4.78, 5) is 11.8. The first-order valence-corrected chi connectivity index (χ1v) is 7.55. The van der Waals surface area contributed by atoms with Gasteiger partial charge in [-0.1, -0.05) is 31.2 Å². The summed E-state index contributed by atoms with van der Waals surface area (Å²) in [5.41, 5.74) is 11.9. The molecule has 6 nitrogen and oxygen atoms in total. The van der Waals surface area contributed by atoms with Gasteiger partial charge >= 0.3 is 0 Å². The van der Waals surface area contributed by atoms with E-state index in [0.717, 1.165) is 11.0 Å². The maximum atomic E-state index is 11.1. The number of hydrogen-bond donors (Lipinski definition) is 4. The molecular weight excluding hydrogens is 290 g/mol. The largest absolute Gasteiger partial charge is 0.382 e. The number of nitrogens with zero attached hydrogens (tertiary/aromatic N) is 2. The van der Waals surface area contributed by atoms with E-state index in [0.29, 0.717) is 11.5 Å². The molecule has 0 radical (unpaired) electrons. The summed E-state index contributed by atoms with van der Waals surface area (Å²) in [6.07, 6.45) is 8.05. The van der Waals surface area contributed by atoms with Gasteiger partial charge in [0.15, 0.2) is 5.96 Å². The average molecular weight is 311 g/mol. The highest BCUT2D eigenvalue weighted by Gasteiger charge is 2.38. The topological polar surface area (TPSA) is 113 Å². The lowest BCUT2D eigenvalue weighted by molar-refractivity contribution is -0.00759. The molecule has 6 N–H and O–H groups in total. The molecule has 0 fully saturated rings. The summed E-state index contributed by atoms with van der Waals surface area (Å²) < 4.78 is 0. The second-order valence-electron chi connectivity index (χ2n) is 6.13. The number of aromatic amines is 1. The molecule has 0 amide bonds. The minimum absolute atomic E-state index is 0.00374. The van der Waals surface area contributed by atoms with Crippen LogP contribution in [-0.4, -0.2) is 21.0 Å². The molecule has 120 valence electrons. The van der Waals surface area contributed by atoms with Gasteiger partial charge in [0.05, 0.1) is 16.7 Å². The number of fused-ring (bicyclic) bond motifs is 1. The molecule has 0 spiro atoms. The van der Waals surface area contributed by atoms with Gasteiger partial charge in [0.1, 0.15) is 11.4 Å². The van der Waals surface area contributed by atoms with Crippen molar-refractivity contribution in [3.8, 4) is 0 Å². The van der Waals surface area contributed by atoms with E-state index < -0.39 is 5.60 Å². The number of imidazole rings is 1. The summed E-state index contributed by atoms with van der Waals surface area (Å²) >= 11 is 0. The molecule has 2 aromatic rings. The van der Waals surface area contributed by atoms with Crippen molar-refractivity contribution in [3.63, 3.8) is 0 Å². The van der Waals surface area contributed by atoms with Gasteiger partial charge in [0, 0.05) is 5.92 Å². The predicted molar refractivity (Wildman–Crippen MR) is 92.1 cm³/mol. The summed E-state index contributed by atoms with van der Waals surface area (Å²) in [5.74, 6) is 0.709. The predicted octanol–water partition coefficient (Wildman–Crippen LogP) is 2.05. The molecule has 0 bridgehead atoms. The normalized spacial score (nSPS) is 22.9. The van der Waals surface area contributed by atoms with Crippen molar-refractivity contribution in [3.05, 3.63) is 48.3 Å². The van der Waals surface area contributed by atoms with E-state index in [2.05, 4.69) is 28.0 Å². The Morgan fingerprint density at radius 2 is 2.04 bits per heavy atom. The number of aromatic nitrogens is 2. The molecule has 0 aliphatic heterocycles. The van der Waals surface area contributed by atoms with Crippen LogP contribution in [0.3, 0.4) is 0 Å². The molecule has 1 heterocycles. The minimum atomic E-state index is -1.10. The number of hydrogen-bond acceptors (Lipinski definition) is 3. The fourth-order valence-electron chi connectivity index (χ4n) is 3.03. The molecule has 0 saturated carbocycles. The minimum Gasteiger partial charge on any atom is -0.382 e. The van der Waals surface area contributed by atoms with Crippen LogP contribution in [0.15, 0.2) is 47.5 Å². The second-order valence-corrected chi connectivity index (χ2v) is 6.13. The number of guanidine groups is 1. The second kappa shape index (κ2) is 5.55. The van der Waals surface area contributed by atoms with Gasteiger partial charge in [0.2, 0.25) is 0 Å². The summed E-state index contributed by atoms with van der Waals surface area (Å²) in [5, 5.41) is 11.1. The number of aliphatic imine (C=N–C) groups is 1. The van der Waals surface area contributed by atoms with Crippen LogP contribution in [-0.2, 0) is 5.60 Å². The molecule has 1 aromatic heterocycles. The van der Waals surface area contributed by atoms with Crippen molar-refractivity contribution in [2.24, 2.45) is 28.3 Å². The highest BCUT2D eigenvalue weighted by molar-refractivity contribution is 5.83. The average Bonchev–Trinajstić information content (AvgIpc) is 2.91. The van der Waals surface area contributed by atoms with E-state index in [9.17, 15) is 5.11 Å². The quantitative estimate of drug-likeness (QED) is 0.513. The van der Waals surface area contributed by atoms with Crippen molar-refractivity contribution in [2.75, 3.05) is 0 Å². The molecule has 1 aliphatic carbocycles. The Morgan fingerprint density at radius 3 is 2.74 bits per heavy atom. The maximum absolute atomic E-state index is 11.1. The summed E-state index contributed by atoms with van der Waals surface area (Å²) in [7, 11) is 0. The standard InChI is InChI=1S/C17H21N5O/c1-10-5-3-4-6-12(10)17(2,23)15-21-13-8-7-11(20-16(18)19)9-14(13)22-15/h3-10,12,23H,1-2H3,(H,21,22)(H4,18,19,20). The van der Waals surface area contributed by atoms with Gasteiger partial charge in [-0.25, -0.2) is 9.98 Å². The molecule has 3 atom stereocenters. The molecule has 3 unspecified atom stereocenters. The molecule has 1 aliphatic rings. The Bertz CT molecular complexity index is 811. The Hall–Kier alpha value is -2.60. The van der Waals surface area contributed by atoms with Crippen molar-refractivity contribution < 1.29 is 5.11 Å². The Morgan fingerprint density at radius 1 is 1.30 bits per heavy atom. The Labute approximate surface area is 134 Å². The van der Waals surface area contributed by atoms with E-state index in [1.165, 1.54) is 0 Å². The van der Waals surface area contributed by atoms with Crippen LogP contribution in [0.2, 0.25) is 0 Å². The van der Waals surface area contributed by atoms with Crippen LogP contribution in [0, 0.1) is 11.8 Å². The lowest BCUT2D eigenvalue weighted by Gasteiger charge is -2.33. The van der Waals surface area contributed by atoms with Crippen LogP contribution < -0.4 is 11.5 Å². The van der Waals surface area contributed by atoms with Gasteiger partial charge in [-0.15, -0.1) is 0 Å². The molecule has 1 aromatic carbocycles. The first kappa shape index (κ1) is 15.3. The smallest absolute Gasteiger partial charge is 0.191 e. The molecule has 0 saturated heterocycles. The first-order chi connectivity index (χ1) is 10.9. The number of rotatable bonds is 3. The number of allylic oxidation sites excluding steroid dienone is 3. The van der Waals surface area contributed by atoms with Crippen LogP contribution in [0.25, 0.3) is 11.0 Å². The zero-order chi connectivity index (χ0) is 16.6. The van der Waals surface area contributed by atoms with Gasteiger partial charge < -0.3 is 21.6 Å². The monoisotopic (exact) mass is 311 g/mol. The zero-order valence-electron chi connectivity index (χ0n) is 13.2.